The quantitative estimate of drug-likeness (QED) is 0.258. The first kappa shape index (κ1) is 25.2. The number of aromatic nitrogens is 2. The average molecular weight is 505 g/mol. The molecule has 11 heteroatoms. The van der Waals surface area contributed by atoms with Gasteiger partial charge in [0.25, 0.3) is 11.8 Å². The molecule has 0 unspecified atom stereocenters. The van der Waals surface area contributed by atoms with E-state index in [-0.39, 0.29) is 53.0 Å². The van der Waals surface area contributed by atoms with Crippen LogP contribution < -0.4 is 22.1 Å². The van der Waals surface area contributed by atoms with Crippen LogP contribution in [0.3, 0.4) is 0 Å². The van der Waals surface area contributed by atoms with Crippen LogP contribution in [0.1, 0.15) is 53.5 Å². The maximum atomic E-state index is 13.5. The molecule has 4 rings (SSSR count). The van der Waals surface area contributed by atoms with Crippen molar-refractivity contribution in [2.24, 2.45) is 0 Å². The molecule has 0 radical (unpaired) electrons. The third-order valence-electron chi connectivity index (χ3n) is 5.94. The lowest BCUT2D eigenvalue weighted by Gasteiger charge is -2.12. The molecule has 0 spiro atoms. The minimum Gasteiger partial charge on any atom is -0.478 e. The maximum absolute atomic E-state index is 13.5. The van der Waals surface area contributed by atoms with Crippen molar-refractivity contribution in [2.75, 3.05) is 11.5 Å². The lowest BCUT2D eigenvalue weighted by atomic mass is 10.1. The van der Waals surface area contributed by atoms with Gasteiger partial charge in [0, 0.05) is 18.7 Å². The normalized spacial score (nSPS) is 10.9. The Morgan fingerprint density at radius 3 is 2.16 bits per heavy atom. The second-order valence-electron chi connectivity index (χ2n) is 8.61. The number of rotatable bonds is 7. The first-order chi connectivity index (χ1) is 17.5. The van der Waals surface area contributed by atoms with Gasteiger partial charge in [-0.25, -0.2) is 9.18 Å². The van der Waals surface area contributed by atoms with E-state index in [0.29, 0.717) is 22.3 Å². The number of nitrogens with two attached hydrogens (primary N) is 2. The van der Waals surface area contributed by atoms with Gasteiger partial charge in [-0.2, -0.15) is 4.98 Å². The molecule has 0 bridgehead atoms. The molecule has 2 amide bonds. The Balaban J connectivity index is 1.58. The van der Waals surface area contributed by atoms with Crippen LogP contribution in [0, 0.1) is 19.7 Å². The number of pyridine rings is 1. The largest absolute Gasteiger partial charge is 0.478 e. The summed E-state index contributed by atoms with van der Waals surface area (Å²) in [5.41, 5.74) is 15.0. The number of nitrogens with zero attached hydrogens (tertiary/aromatic N) is 2. The Morgan fingerprint density at radius 2 is 1.54 bits per heavy atom. The highest BCUT2D eigenvalue weighted by molar-refractivity contribution is 6.01. The van der Waals surface area contributed by atoms with Gasteiger partial charge in [-0.15, -0.1) is 0 Å². The number of aryl methyl sites for hydroxylation is 2. The summed E-state index contributed by atoms with van der Waals surface area (Å²) < 4.78 is 14.9. The molecule has 0 saturated carbocycles. The number of nitrogen functional groups attached to an aromatic ring is 2. The van der Waals surface area contributed by atoms with Crippen LogP contribution in [0.4, 0.5) is 16.2 Å². The van der Waals surface area contributed by atoms with E-state index < -0.39 is 17.8 Å². The van der Waals surface area contributed by atoms with Crippen LogP contribution in [0.15, 0.2) is 48.5 Å². The molecule has 0 fully saturated rings. The summed E-state index contributed by atoms with van der Waals surface area (Å²) in [5, 5.41) is 14.7. The Bertz CT molecular complexity index is 1560. The number of fused-ring (bicyclic) bond motifs is 1. The molecule has 2 aromatic carbocycles. The lowest BCUT2D eigenvalue weighted by molar-refractivity contribution is 0.0695. The third-order valence-corrected chi connectivity index (χ3v) is 5.94. The molecular weight excluding hydrogens is 479 g/mol. The molecule has 0 saturated heterocycles. The second-order valence-corrected chi connectivity index (χ2v) is 8.61. The van der Waals surface area contributed by atoms with Crippen LogP contribution in [0.5, 0.6) is 0 Å². The number of carbonyl (C=O) groups is 3. The number of halogens is 1. The summed E-state index contributed by atoms with van der Waals surface area (Å²) in [7, 11) is 0. The van der Waals surface area contributed by atoms with Crippen LogP contribution in [0.25, 0.3) is 5.52 Å². The first-order valence-electron chi connectivity index (χ1n) is 11.3. The second kappa shape index (κ2) is 9.97. The van der Waals surface area contributed by atoms with E-state index in [9.17, 15) is 23.9 Å². The van der Waals surface area contributed by atoms with Crippen molar-refractivity contribution < 1.29 is 23.9 Å². The number of nitrogens with one attached hydrogen (secondary N) is 2. The zero-order chi connectivity index (χ0) is 26.9. The van der Waals surface area contributed by atoms with E-state index in [1.807, 2.05) is 0 Å². The Hall–Kier alpha value is -4.93. The van der Waals surface area contributed by atoms with Crippen LogP contribution in [-0.2, 0) is 13.1 Å². The lowest BCUT2D eigenvalue weighted by Crippen LogP contribution is -2.27. The summed E-state index contributed by atoms with van der Waals surface area (Å²) in [6.45, 7) is 3.55. The number of carbonyl (C=O) groups excluding carboxylic acids is 2. The molecule has 0 atom stereocenters. The Morgan fingerprint density at radius 1 is 0.919 bits per heavy atom. The van der Waals surface area contributed by atoms with E-state index in [4.69, 9.17) is 11.5 Å². The molecule has 10 nitrogen and oxygen atoms in total. The minimum absolute atomic E-state index is 0.0203. The Kier molecular flexibility index (Phi) is 6.79. The van der Waals surface area contributed by atoms with E-state index in [2.05, 4.69) is 15.6 Å². The molecule has 7 N–H and O–H groups in total. The molecule has 37 heavy (non-hydrogen) atoms. The van der Waals surface area contributed by atoms with Gasteiger partial charge in [0.1, 0.15) is 11.5 Å². The zero-order valence-electron chi connectivity index (χ0n) is 20.1. The molecule has 0 aliphatic rings. The van der Waals surface area contributed by atoms with Crippen LogP contribution in [-0.4, -0.2) is 32.3 Å². The van der Waals surface area contributed by atoms with E-state index in [0.717, 1.165) is 0 Å². The summed E-state index contributed by atoms with van der Waals surface area (Å²) in [6, 6.07) is 12.2. The fourth-order valence-corrected chi connectivity index (χ4v) is 4.01. The number of amides is 2. The number of aromatic carboxylic acids is 1. The fraction of sp³-hybridized carbons (Fsp3) is 0.154. The molecule has 2 aromatic heterocycles. The van der Waals surface area contributed by atoms with Gasteiger partial charge in [-0.1, -0.05) is 24.3 Å². The van der Waals surface area contributed by atoms with Crippen molar-refractivity contribution in [3.63, 3.8) is 0 Å². The van der Waals surface area contributed by atoms with Crippen LogP contribution in [0.2, 0.25) is 0 Å². The molecule has 0 aliphatic heterocycles. The van der Waals surface area contributed by atoms with Crippen molar-refractivity contribution in [2.45, 2.75) is 26.9 Å². The van der Waals surface area contributed by atoms with Gasteiger partial charge < -0.3 is 27.2 Å². The third kappa shape index (κ3) is 5.20. The van der Waals surface area contributed by atoms with Crippen LogP contribution >= 0.6 is 0 Å². The van der Waals surface area contributed by atoms with Crippen molar-refractivity contribution in [1.82, 2.24) is 20.0 Å². The van der Waals surface area contributed by atoms with Crippen molar-refractivity contribution in [3.8, 4) is 0 Å². The first-order valence-corrected chi connectivity index (χ1v) is 11.3. The van der Waals surface area contributed by atoms with E-state index in [1.54, 1.807) is 38.1 Å². The number of anilines is 2. The minimum atomic E-state index is -1.03. The summed E-state index contributed by atoms with van der Waals surface area (Å²) >= 11 is 0. The highest BCUT2D eigenvalue weighted by Crippen LogP contribution is 2.22. The smallest absolute Gasteiger partial charge is 0.335 e. The zero-order valence-corrected chi connectivity index (χ0v) is 20.1. The number of benzene rings is 2. The maximum Gasteiger partial charge on any atom is 0.335 e. The summed E-state index contributed by atoms with van der Waals surface area (Å²) in [5.74, 6) is -2.36. The molecular formula is C26H25FN6O4. The van der Waals surface area contributed by atoms with E-state index in [1.165, 1.54) is 28.7 Å². The SMILES string of the molecule is Cc1cc(CNC(=O)c2cc(C(=O)NCc3ccc(C(=O)O)c(C)c3)n3c(N)nc(N)c3c2)ccc1F. The Labute approximate surface area is 211 Å². The standard InChI is InChI=1S/C26H25FN6O4/c1-13-7-15(3-5-18(13)25(36)37)12-31-24(35)21-10-17(9-20-22(28)32-26(29)33(20)21)23(34)30-11-16-4-6-19(27)14(2)8-16/h3-10H,11-12,28H2,1-2H3,(H2,29,32)(H,30,34)(H,31,35)(H,36,37). The number of hydrogen-bond acceptors (Lipinski definition) is 6. The van der Waals surface area contributed by atoms with E-state index >= 15 is 0 Å². The van der Waals surface area contributed by atoms with Crippen molar-refractivity contribution in [1.29, 1.82) is 0 Å². The van der Waals surface area contributed by atoms with Gasteiger partial charge in [0.2, 0.25) is 5.95 Å². The molecule has 4 aromatic rings. The van der Waals surface area contributed by atoms with Crippen molar-refractivity contribution >= 4 is 35.1 Å². The number of hydrogen-bond donors (Lipinski definition) is 5. The molecule has 190 valence electrons. The predicted molar refractivity (Wildman–Crippen MR) is 136 cm³/mol. The fourth-order valence-electron chi connectivity index (χ4n) is 4.01. The average Bonchev–Trinajstić information content (AvgIpc) is 3.15. The predicted octanol–water partition coefficient (Wildman–Crippen LogP) is 2.81. The monoisotopic (exact) mass is 504 g/mol. The van der Waals surface area contributed by atoms with Gasteiger partial charge >= 0.3 is 5.97 Å². The number of carboxylic acids is 1. The van der Waals surface area contributed by atoms with Gasteiger partial charge in [-0.05, 0) is 60.4 Å². The summed E-state index contributed by atoms with van der Waals surface area (Å²) in [4.78, 5) is 41.4. The van der Waals surface area contributed by atoms with Crippen molar-refractivity contribution in [3.05, 3.63) is 93.4 Å². The molecule has 0 aliphatic carbocycles. The summed E-state index contributed by atoms with van der Waals surface area (Å²) in [6.07, 6.45) is 0. The van der Waals surface area contributed by atoms with Gasteiger partial charge in [0.05, 0.1) is 11.1 Å². The molecule has 2 heterocycles. The highest BCUT2D eigenvalue weighted by atomic mass is 19.1. The number of carboxylic acid groups (broad SMARTS) is 1. The van der Waals surface area contributed by atoms with Gasteiger partial charge in [0.15, 0.2) is 5.82 Å². The van der Waals surface area contributed by atoms with Gasteiger partial charge in [-0.3, -0.25) is 14.0 Å². The topological polar surface area (TPSA) is 165 Å². The number of imidazole rings is 1. The highest BCUT2D eigenvalue weighted by Gasteiger charge is 2.20.